The Morgan fingerprint density at radius 1 is 1.35 bits per heavy atom. The van der Waals surface area contributed by atoms with Crippen LogP contribution in [0.25, 0.3) is 5.69 Å². The van der Waals surface area contributed by atoms with Gasteiger partial charge in [-0.3, -0.25) is 4.79 Å². The van der Waals surface area contributed by atoms with E-state index < -0.39 is 0 Å². The number of ether oxygens (including phenoxy) is 1. The number of nitrogens with zero attached hydrogens (tertiary/aromatic N) is 3. The molecule has 0 unspecified atom stereocenters. The average Bonchev–Trinajstić information content (AvgIpc) is 2.79. The molecule has 1 heterocycles. The van der Waals surface area contributed by atoms with Gasteiger partial charge in [-0.25, -0.2) is 4.68 Å². The largest absolute Gasteiger partial charge is 0.494 e. The van der Waals surface area contributed by atoms with Gasteiger partial charge in [0.1, 0.15) is 11.4 Å². The quantitative estimate of drug-likeness (QED) is 0.921. The predicted octanol–water partition coefficient (Wildman–Crippen LogP) is 1.72. The molecule has 1 N–H and O–H groups in total. The SMILES string of the molecule is COc1ccccc1-n1nnc(C(=O)NC(C)C)c1C. The van der Waals surface area contributed by atoms with Crippen LogP contribution in [0.5, 0.6) is 5.75 Å². The van der Waals surface area contributed by atoms with Gasteiger partial charge in [-0.05, 0) is 32.9 Å². The number of carbonyl (C=O) groups is 1. The minimum atomic E-state index is -0.223. The van der Waals surface area contributed by atoms with Crippen LogP contribution in [0, 0.1) is 6.92 Å². The maximum atomic E-state index is 12.0. The van der Waals surface area contributed by atoms with Crippen molar-refractivity contribution in [1.82, 2.24) is 20.3 Å². The van der Waals surface area contributed by atoms with E-state index in [-0.39, 0.29) is 11.9 Å². The average molecular weight is 274 g/mol. The fourth-order valence-electron chi connectivity index (χ4n) is 1.90. The molecule has 0 saturated carbocycles. The second-order valence-corrected chi connectivity index (χ2v) is 4.74. The second kappa shape index (κ2) is 5.73. The lowest BCUT2D eigenvalue weighted by atomic mass is 10.2. The van der Waals surface area contributed by atoms with Crippen LogP contribution in [-0.2, 0) is 0 Å². The Bertz CT molecular complexity index is 619. The van der Waals surface area contributed by atoms with Crippen molar-refractivity contribution < 1.29 is 9.53 Å². The first-order valence-corrected chi connectivity index (χ1v) is 6.41. The summed E-state index contributed by atoms with van der Waals surface area (Å²) in [5.74, 6) is 0.454. The lowest BCUT2D eigenvalue weighted by Crippen LogP contribution is -2.30. The first-order valence-electron chi connectivity index (χ1n) is 6.41. The van der Waals surface area contributed by atoms with E-state index >= 15 is 0 Å². The Hall–Kier alpha value is -2.37. The van der Waals surface area contributed by atoms with E-state index in [1.165, 1.54) is 0 Å². The van der Waals surface area contributed by atoms with Gasteiger partial charge in [-0.15, -0.1) is 5.10 Å². The fraction of sp³-hybridized carbons (Fsp3) is 0.357. The van der Waals surface area contributed by atoms with Crippen molar-refractivity contribution in [3.05, 3.63) is 35.7 Å². The molecule has 1 aromatic heterocycles. The molecule has 0 atom stereocenters. The number of para-hydroxylation sites is 2. The number of methoxy groups -OCH3 is 1. The lowest BCUT2D eigenvalue weighted by molar-refractivity contribution is 0.0937. The maximum absolute atomic E-state index is 12.0. The molecule has 0 spiro atoms. The van der Waals surface area contributed by atoms with Crippen LogP contribution in [0.3, 0.4) is 0 Å². The van der Waals surface area contributed by atoms with Crippen LogP contribution in [0.4, 0.5) is 0 Å². The number of amides is 1. The van der Waals surface area contributed by atoms with Crippen LogP contribution >= 0.6 is 0 Å². The van der Waals surface area contributed by atoms with Crippen molar-refractivity contribution in [3.8, 4) is 11.4 Å². The number of aromatic nitrogens is 3. The third-order valence-electron chi connectivity index (χ3n) is 2.84. The summed E-state index contributed by atoms with van der Waals surface area (Å²) in [7, 11) is 1.59. The molecule has 0 aliphatic rings. The molecule has 6 heteroatoms. The van der Waals surface area contributed by atoms with Gasteiger partial charge in [0.25, 0.3) is 5.91 Å². The maximum Gasteiger partial charge on any atom is 0.273 e. The topological polar surface area (TPSA) is 69.0 Å². The number of carbonyl (C=O) groups excluding carboxylic acids is 1. The highest BCUT2D eigenvalue weighted by atomic mass is 16.5. The summed E-state index contributed by atoms with van der Waals surface area (Å²) in [5.41, 5.74) is 1.75. The number of rotatable bonds is 4. The summed E-state index contributed by atoms with van der Waals surface area (Å²) in [6, 6.07) is 7.52. The molecule has 0 bridgehead atoms. The molecule has 0 radical (unpaired) electrons. The molecule has 0 aliphatic carbocycles. The molecule has 20 heavy (non-hydrogen) atoms. The molecule has 1 aromatic carbocycles. The van der Waals surface area contributed by atoms with Gasteiger partial charge in [-0.1, -0.05) is 17.3 Å². The normalized spacial score (nSPS) is 10.7. The van der Waals surface area contributed by atoms with Gasteiger partial charge < -0.3 is 10.1 Å². The highest BCUT2D eigenvalue weighted by Gasteiger charge is 2.19. The summed E-state index contributed by atoms with van der Waals surface area (Å²) < 4.78 is 6.91. The van der Waals surface area contributed by atoms with E-state index in [1.807, 2.05) is 45.0 Å². The van der Waals surface area contributed by atoms with E-state index in [0.29, 0.717) is 17.1 Å². The Morgan fingerprint density at radius 2 is 2.05 bits per heavy atom. The Balaban J connectivity index is 2.40. The van der Waals surface area contributed by atoms with Crippen molar-refractivity contribution in [2.45, 2.75) is 26.8 Å². The number of nitrogens with one attached hydrogen (secondary N) is 1. The summed E-state index contributed by atoms with van der Waals surface area (Å²) in [5, 5.41) is 10.8. The van der Waals surface area contributed by atoms with Crippen LogP contribution in [0.1, 0.15) is 30.0 Å². The van der Waals surface area contributed by atoms with E-state index in [2.05, 4.69) is 15.6 Å². The van der Waals surface area contributed by atoms with E-state index in [9.17, 15) is 4.79 Å². The molecule has 0 fully saturated rings. The third-order valence-corrected chi connectivity index (χ3v) is 2.84. The molecule has 2 aromatic rings. The van der Waals surface area contributed by atoms with E-state index in [4.69, 9.17) is 4.74 Å². The Kier molecular flexibility index (Phi) is 4.02. The van der Waals surface area contributed by atoms with Crippen molar-refractivity contribution in [2.24, 2.45) is 0 Å². The molecule has 0 aliphatic heterocycles. The number of hydrogen-bond acceptors (Lipinski definition) is 4. The van der Waals surface area contributed by atoms with Gasteiger partial charge in [0.05, 0.1) is 12.8 Å². The fourth-order valence-corrected chi connectivity index (χ4v) is 1.90. The standard InChI is InChI=1S/C14H18N4O2/c1-9(2)15-14(19)13-10(3)18(17-16-13)11-7-5-6-8-12(11)20-4/h5-9H,1-4H3,(H,15,19). The van der Waals surface area contributed by atoms with E-state index in [0.717, 1.165) is 5.69 Å². The zero-order chi connectivity index (χ0) is 14.7. The minimum absolute atomic E-state index is 0.0540. The molecule has 6 nitrogen and oxygen atoms in total. The molecule has 0 saturated heterocycles. The van der Waals surface area contributed by atoms with Crippen LogP contribution in [0.15, 0.2) is 24.3 Å². The molecule has 1 amide bonds. The molecular weight excluding hydrogens is 256 g/mol. The Morgan fingerprint density at radius 3 is 2.70 bits per heavy atom. The van der Waals surface area contributed by atoms with Gasteiger partial charge in [0.2, 0.25) is 0 Å². The number of benzene rings is 1. The van der Waals surface area contributed by atoms with Crippen LogP contribution < -0.4 is 10.1 Å². The predicted molar refractivity (Wildman–Crippen MR) is 75.3 cm³/mol. The van der Waals surface area contributed by atoms with Crippen molar-refractivity contribution in [2.75, 3.05) is 7.11 Å². The van der Waals surface area contributed by atoms with Gasteiger partial charge >= 0.3 is 0 Å². The summed E-state index contributed by atoms with van der Waals surface area (Å²) in [6.07, 6.45) is 0. The monoisotopic (exact) mass is 274 g/mol. The summed E-state index contributed by atoms with van der Waals surface area (Å²) in [6.45, 7) is 5.61. The zero-order valence-electron chi connectivity index (χ0n) is 12.0. The Labute approximate surface area is 117 Å². The van der Waals surface area contributed by atoms with E-state index in [1.54, 1.807) is 11.8 Å². The summed E-state index contributed by atoms with van der Waals surface area (Å²) in [4.78, 5) is 12.0. The summed E-state index contributed by atoms with van der Waals surface area (Å²) >= 11 is 0. The highest BCUT2D eigenvalue weighted by Crippen LogP contribution is 2.23. The third kappa shape index (κ3) is 2.64. The highest BCUT2D eigenvalue weighted by molar-refractivity contribution is 5.93. The van der Waals surface area contributed by atoms with Gasteiger partial charge in [-0.2, -0.15) is 0 Å². The zero-order valence-corrected chi connectivity index (χ0v) is 12.0. The molecule has 106 valence electrons. The second-order valence-electron chi connectivity index (χ2n) is 4.74. The van der Waals surface area contributed by atoms with Crippen LogP contribution in [0.2, 0.25) is 0 Å². The number of hydrogen-bond donors (Lipinski definition) is 1. The minimum Gasteiger partial charge on any atom is -0.494 e. The first-order chi connectivity index (χ1) is 9.54. The molecular formula is C14H18N4O2. The smallest absolute Gasteiger partial charge is 0.273 e. The van der Waals surface area contributed by atoms with Gasteiger partial charge in [0.15, 0.2) is 5.69 Å². The van der Waals surface area contributed by atoms with Crippen molar-refractivity contribution >= 4 is 5.91 Å². The van der Waals surface area contributed by atoms with Crippen molar-refractivity contribution in [1.29, 1.82) is 0 Å². The lowest BCUT2D eigenvalue weighted by Gasteiger charge is -2.09. The van der Waals surface area contributed by atoms with Crippen molar-refractivity contribution in [3.63, 3.8) is 0 Å². The molecule has 2 rings (SSSR count). The van der Waals surface area contributed by atoms with Crippen LogP contribution in [-0.4, -0.2) is 34.1 Å². The first kappa shape index (κ1) is 14.0. The van der Waals surface area contributed by atoms with Gasteiger partial charge in [0, 0.05) is 6.04 Å².